The van der Waals surface area contributed by atoms with E-state index in [0.29, 0.717) is 6.54 Å². The second-order valence-corrected chi connectivity index (χ2v) is 6.41. The molecule has 134 valence electrons. The standard InChI is InChI=1S/C18H20N6O2/c1-2-15(25)19-12-7-8-24(10-12)17-13-6-4-3-5-11(13)9-14(20-17)16-21-18(26)23-22-16/h2-6,9,12,16,22H,1,7-8,10H2,(H,19,25)(H2,21,23,26). The zero-order valence-electron chi connectivity index (χ0n) is 14.2. The van der Waals surface area contributed by atoms with Gasteiger partial charge in [0.2, 0.25) is 5.91 Å². The number of nitrogens with one attached hydrogen (secondary N) is 4. The summed E-state index contributed by atoms with van der Waals surface area (Å²) >= 11 is 0. The summed E-state index contributed by atoms with van der Waals surface area (Å²) in [4.78, 5) is 30.0. The van der Waals surface area contributed by atoms with Crippen molar-refractivity contribution in [3.8, 4) is 0 Å². The van der Waals surface area contributed by atoms with Crippen LogP contribution in [0.1, 0.15) is 18.3 Å². The Labute approximate surface area is 150 Å². The van der Waals surface area contributed by atoms with Crippen LogP contribution in [0.2, 0.25) is 0 Å². The molecular weight excluding hydrogens is 332 g/mol. The number of hydrogen-bond donors (Lipinski definition) is 4. The fourth-order valence-electron chi connectivity index (χ4n) is 3.41. The molecule has 0 radical (unpaired) electrons. The van der Waals surface area contributed by atoms with E-state index >= 15 is 0 Å². The van der Waals surface area contributed by atoms with E-state index < -0.39 is 0 Å². The van der Waals surface area contributed by atoms with Gasteiger partial charge in [-0.1, -0.05) is 30.8 Å². The van der Waals surface area contributed by atoms with E-state index in [0.717, 1.165) is 35.2 Å². The van der Waals surface area contributed by atoms with Crippen LogP contribution in [-0.2, 0) is 4.79 Å². The van der Waals surface area contributed by atoms with Gasteiger partial charge in [0, 0.05) is 24.5 Å². The molecule has 3 heterocycles. The smallest absolute Gasteiger partial charge is 0.330 e. The van der Waals surface area contributed by atoms with Gasteiger partial charge in [-0.05, 0) is 23.9 Å². The number of pyridine rings is 1. The Morgan fingerprint density at radius 2 is 2.23 bits per heavy atom. The van der Waals surface area contributed by atoms with Crippen molar-refractivity contribution in [2.75, 3.05) is 18.0 Å². The number of carbonyl (C=O) groups is 2. The lowest BCUT2D eigenvalue weighted by Gasteiger charge is -2.22. The minimum atomic E-state index is -0.385. The number of carbonyl (C=O) groups excluding carboxylic acids is 2. The van der Waals surface area contributed by atoms with Crippen LogP contribution in [0.15, 0.2) is 43.0 Å². The molecule has 1 aromatic heterocycles. The average molecular weight is 352 g/mol. The zero-order chi connectivity index (χ0) is 18.1. The van der Waals surface area contributed by atoms with Crippen molar-refractivity contribution in [2.45, 2.75) is 18.6 Å². The van der Waals surface area contributed by atoms with E-state index in [4.69, 9.17) is 4.98 Å². The van der Waals surface area contributed by atoms with Crippen LogP contribution in [0, 0.1) is 0 Å². The van der Waals surface area contributed by atoms with Gasteiger partial charge in [0.15, 0.2) is 0 Å². The van der Waals surface area contributed by atoms with Gasteiger partial charge in [-0.25, -0.2) is 15.2 Å². The van der Waals surface area contributed by atoms with Crippen LogP contribution >= 0.6 is 0 Å². The van der Waals surface area contributed by atoms with E-state index in [1.165, 1.54) is 6.08 Å². The quantitative estimate of drug-likeness (QED) is 0.614. The number of fused-ring (bicyclic) bond motifs is 1. The van der Waals surface area contributed by atoms with Crippen molar-refractivity contribution < 1.29 is 9.59 Å². The molecule has 4 N–H and O–H groups in total. The highest BCUT2D eigenvalue weighted by atomic mass is 16.2. The molecule has 0 aliphatic carbocycles. The largest absolute Gasteiger partial charge is 0.354 e. The van der Waals surface area contributed by atoms with Crippen molar-refractivity contribution >= 4 is 28.5 Å². The predicted octanol–water partition coefficient (Wildman–Crippen LogP) is 0.932. The molecule has 4 rings (SSSR count). The lowest BCUT2D eigenvalue weighted by Crippen LogP contribution is -2.36. The SMILES string of the molecule is C=CC(=O)NC1CCN(c2nc(C3NNC(=O)N3)cc3ccccc23)C1. The van der Waals surface area contributed by atoms with Crippen LogP contribution in [-0.4, -0.2) is 36.1 Å². The third-order valence-corrected chi connectivity index (χ3v) is 4.66. The molecule has 2 saturated heterocycles. The van der Waals surface area contributed by atoms with Gasteiger partial charge in [-0.2, -0.15) is 0 Å². The highest BCUT2D eigenvalue weighted by Gasteiger charge is 2.28. The first-order valence-electron chi connectivity index (χ1n) is 8.53. The first-order chi connectivity index (χ1) is 12.6. The highest BCUT2D eigenvalue weighted by molar-refractivity contribution is 5.93. The fraction of sp³-hybridized carbons (Fsp3) is 0.278. The molecule has 2 unspecified atom stereocenters. The number of amides is 3. The van der Waals surface area contributed by atoms with Gasteiger partial charge in [0.1, 0.15) is 12.0 Å². The topological polar surface area (TPSA) is 98.4 Å². The summed E-state index contributed by atoms with van der Waals surface area (Å²) in [6.07, 6.45) is 1.75. The molecule has 8 heteroatoms. The molecule has 2 aliphatic heterocycles. The van der Waals surface area contributed by atoms with Crippen LogP contribution < -0.4 is 26.4 Å². The van der Waals surface area contributed by atoms with Crippen molar-refractivity contribution in [1.82, 2.24) is 26.5 Å². The number of urea groups is 1. The van der Waals surface area contributed by atoms with Crippen LogP contribution in [0.25, 0.3) is 10.8 Å². The first-order valence-corrected chi connectivity index (χ1v) is 8.53. The number of benzene rings is 1. The summed E-state index contributed by atoms with van der Waals surface area (Å²) in [5, 5.41) is 7.83. The molecule has 0 bridgehead atoms. The minimum absolute atomic E-state index is 0.0655. The van der Waals surface area contributed by atoms with E-state index in [-0.39, 0.29) is 24.1 Å². The summed E-state index contributed by atoms with van der Waals surface area (Å²) in [7, 11) is 0. The maximum absolute atomic E-state index is 11.6. The van der Waals surface area contributed by atoms with E-state index in [9.17, 15) is 9.59 Å². The summed E-state index contributed by atoms with van der Waals surface area (Å²) < 4.78 is 0. The van der Waals surface area contributed by atoms with Gasteiger partial charge < -0.3 is 15.5 Å². The second kappa shape index (κ2) is 6.64. The Morgan fingerprint density at radius 1 is 1.38 bits per heavy atom. The zero-order valence-corrected chi connectivity index (χ0v) is 14.2. The molecule has 1 aromatic carbocycles. The number of anilines is 1. The lowest BCUT2D eigenvalue weighted by molar-refractivity contribution is -0.117. The first kappa shape index (κ1) is 16.3. The van der Waals surface area contributed by atoms with Crippen molar-refractivity contribution in [3.05, 3.63) is 48.7 Å². The second-order valence-electron chi connectivity index (χ2n) is 6.41. The van der Waals surface area contributed by atoms with Crippen molar-refractivity contribution in [1.29, 1.82) is 0 Å². The normalized spacial score (nSPS) is 22.2. The lowest BCUT2D eigenvalue weighted by atomic mass is 10.1. The molecule has 26 heavy (non-hydrogen) atoms. The Kier molecular flexibility index (Phi) is 4.18. The molecular formula is C18H20N6O2. The Hall–Kier alpha value is -3.13. The number of nitrogens with zero attached hydrogens (tertiary/aromatic N) is 2. The molecule has 3 amide bonds. The number of aromatic nitrogens is 1. The maximum atomic E-state index is 11.6. The highest BCUT2D eigenvalue weighted by Crippen LogP contribution is 2.30. The maximum Gasteiger partial charge on any atom is 0.330 e. The molecule has 8 nitrogen and oxygen atoms in total. The monoisotopic (exact) mass is 352 g/mol. The Bertz CT molecular complexity index is 883. The minimum Gasteiger partial charge on any atom is -0.354 e. The van der Waals surface area contributed by atoms with Gasteiger partial charge in [-0.15, -0.1) is 0 Å². The van der Waals surface area contributed by atoms with Gasteiger partial charge in [0.25, 0.3) is 0 Å². The Balaban J connectivity index is 1.66. The molecule has 0 spiro atoms. The average Bonchev–Trinajstić information content (AvgIpc) is 3.30. The van der Waals surface area contributed by atoms with E-state index in [2.05, 4.69) is 33.0 Å². The third kappa shape index (κ3) is 3.06. The summed E-state index contributed by atoms with van der Waals surface area (Å²) in [5.41, 5.74) is 6.15. The van der Waals surface area contributed by atoms with Crippen molar-refractivity contribution in [3.63, 3.8) is 0 Å². The van der Waals surface area contributed by atoms with Crippen LogP contribution in [0.5, 0.6) is 0 Å². The number of rotatable bonds is 4. The van der Waals surface area contributed by atoms with Gasteiger partial charge in [0.05, 0.1) is 5.69 Å². The summed E-state index contributed by atoms with van der Waals surface area (Å²) in [6.45, 7) is 4.98. The predicted molar refractivity (Wildman–Crippen MR) is 98.2 cm³/mol. The number of hydrazine groups is 1. The van der Waals surface area contributed by atoms with E-state index in [1.807, 2.05) is 30.3 Å². The Morgan fingerprint density at radius 3 is 3.00 bits per heavy atom. The molecule has 2 aromatic rings. The van der Waals surface area contributed by atoms with E-state index in [1.54, 1.807) is 0 Å². The van der Waals surface area contributed by atoms with Gasteiger partial charge in [-0.3, -0.25) is 10.2 Å². The third-order valence-electron chi connectivity index (χ3n) is 4.66. The van der Waals surface area contributed by atoms with Crippen LogP contribution in [0.3, 0.4) is 0 Å². The molecule has 0 saturated carbocycles. The summed E-state index contributed by atoms with van der Waals surface area (Å²) in [5.74, 6) is 0.698. The molecule has 2 atom stereocenters. The molecule has 2 fully saturated rings. The van der Waals surface area contributed by atoms with Gasteiger partial charge >= 0.3 is 6.03 Å². The van der Waals surface area contributed by atoms with Crippen molar-refractivity contribution in [2.24, 2.45) is 0 Å². The number of hydrogen-bond acceptors (Lipinski definition) is 5. The van der Waals surface area contributed by atoms with Crippen LogP contribution in [0.4, 0.5) is 10.6 Å². The summed E-state index contributed by atoms with van der Waals surface area (Å²) in [6, 6.07) is 9.78. The fourth-order valence-corrected chi connectivity index (χ4v) is 3.41. The molecule has 2 aliphatic rings.